The first-order valence-corrected chi connectivity index (χ1v) is 9.20. The van der Waals surface area contributed by atoms with Gasteiger partial charge in [0.25, 0.3) is 0 Å². The number of nitrogens with zero attached hydrogens (tertiary/aromatic N) is 7. The number of aliphatic imine (C=N–C) groups is 1. The standard InChI is InChI=1S/C16H27N9O/c1-3-17-15(19-11-14-20-12-21-23(14)2)18-8-6-10-25-16(26)24-9-5-4-7-13(24)22-25/h12H,3-11H2,1-2H3,(H2,17,18,19). The van der Waals surface area contributed by atoms with E-state index in [1.54, 1.807) is 9.36 Å². The van der Waals surface area contributed by atoms with Crippen LogP contribution in [0, 0.1) is 0 Å². The Morgan fingerprint density at radius 3 is 2.96 bits per heavy atom. The van der Waals surface area contributed by atoms with Gasteiger partial charge in [0, 0.05) is 39.6 Å². The SMILES string of the molecule is CCNC(=NCc1ncnn1C)NCCCn1nc2n(c1=O)CCCC2. The third-order valence-electron chi connectivity index (χ3n) is 4.40. The Kier molecular flexibility index (Phi) is 6.03. The molecule has 3 heterocycles. The van der Waals surface area contributed by atoms with E-state index < -0.39 is 0 Å². The average Bonchev–Trinajstić information content (AvgIpc) is 3.20. The molecule has 1 aliphatic heterocycles. The highest BCUT2D eigenvalue weighted by molar-refractivity contribution is 5.79. The fourth-order valence-electron chi connectivity index (χ4n) is 2.98. The summed E-state index contributed by atoms with van der Waals surface area (Å²) in [6.07, 6.45) is 5.40. The summed E-state index contributed by atoms with van der Waals surface area (Å²) in [6, 6.07) is 0. The molecular weight excluding hydrogens is 334 g/mol. The molecule has 0 atom stereocenters. The predicted octanol–water partition coefficient (Wildman–Crippen LogP) is -0.345. The van der Waals surface area contributed by atoms with Crippen LogP contribution in [0.25, 0.3) is 0 Å². The Bertz CT molecular complexity index is 801. The molecule has 0 aromatic carbocycles. The second kappa shape index (κ2) is 8.63. The van der Waals surface area contributed by atoms with Crippen molar-refractivity contribution < 1.29 is 0 Å². The third-order valence-corrected chi connectivity index (χ3v) is 4.40. The number of aryl methyl sites for hydroxylation is 3. The highest BCUT2D eigenvalue weighted by Gasteiger charge is 2.16. The first kappa shape index (κ1) is 18.2. The Hall–Kier alpha value is -2.65. The second-order valence-corrected chi connectivity index (χ2v) is 6.31. The van der Waals surface area contributed by atoms with Gasteiger partial charge in [-0.25, -0.2) is 19.5 Å². The second-order valence-electron chi connectivity index (χ2n) is 6.31. The molecule has 2 N–H and O–H groups in total. The van der Waals surface area contributed by atoms with Gasteiger partial charge < -0.3 is 10.6 Å². The normalized spacial score (nSPS) is 14.3. The van der Waals surface area contributed by atoms with Gasteiger partial charge in [0.15, 0.2) is 5.96 Å². The average molecular weight is 361 g/mol. The monoisotopic (exact) mass is 361 g/mol. The van der Waals surface area contributed by atoms with Gasteiger partial charge in [0.2, 0.25) is 0 Å². The zero-order valence-electron chi connectivity index (χ0n) is 15.5. The number of hydrogen-bond donors (Lipinski definition) is 2. The van der Waals surface area contributed by atoms with E-state index in [4.69, 9.17) is 0 Å². The summed E-state index contributed by atoms with van der Waals surface area (Å²) in [5, 5.41) is 15.0. The van der Waals surface area contributed by atoms with Crippen molar-refractivity contribution in [1.29, 1.82) is 0 Å². The molecule has 0 aliphatic carbocycles. The van der Waals surface area contributed by atoms with Gasteiger partial charge in [0.05, 0.1) is 0 Å². The van der Waals surface area contributed by atoms with E-state index in [-0.39, 0.29) is 5.69 Å². The summed E-state index contributed by atoms with van der Waals surface area (Å²) < 4.78 is 5.11. The topological polar surface area (TPSA) is 107 Å². The Morgan fingerprint density at radius 1 is 1.35 bits per heavy atom. The van der Waals surface area contributed by atoms with Gasteiger partial charge in [-0.05, 0) is 26.2 Å². The molecule has 0 saturated carbocycles. The lowest BCUT2D eigenvalue weighted by Crippen LogP contribution is -2.38. The Morgan fingerprint density at radius 2 is 2.23 bits per heavy atom. The fraction of sp³-hybridized carbons (Fsp3) is 0.688. The lowest BCUT2D eigenvalue weighted by atomic mass is 10.2. The van der Waals surface area contributed by atoms with Crippen molar-refractivity contribution in [2.24, 2.45) is 12.0 Å². The van der Waals surface area contributed by atoms with Crippen molar-refractivity contribution in [2.75, 3.05) is 13.1 Å². The summed E-state index contributed by atoms with van der Waals surface area (Å²) in [4.78, 5) is 21.0. The maximum atomic E-state index is 12.3. The highest BCUT2D eigenvalue weighted by Crippen LogP contribution is 2.09. The van der Waals surface area contributed by atoms with Gasteiger partial charge in [-0.15, -0.1) is 0 Å². The third kappa shape index (κ3) is 4.30. The van der Waals surface area contributed by atoms with E-state index in [0.29, 0.717) is 19.6 Å². The molecule has 10 heteroatoms. The van der Waals surface area contributed by atoms with E-state index in [1.807, 2.05) is 18.5 Å². The van der Waals surface area contributed by atoms with Crippen molar-refractivity contribution in [1.82, 2.24) is 39.7 Å². The first-order chi connectivity index (χ1) is 12.7. The van der Waals surface area contributed by atoms with Crippen LogP contribution in [0.5, 0.6) is 0 Å². The summed E-state index contributed by atoms with van der Waals surface area (Å²) >= 11 is 0. The van der Waals surface area contributed by atoms with Crippen LogP contribution in [0.1, 0.15) is 37.8 Å². The lowest BCUT2D eigenvalue weighted by Gasteiger charge is -2.11. The molecule has 10 nitrogen and oxygen atoms in total. The van der Waals surface area contributed by atoms with E-state index >= 15 is 0 Å². The van der Waals surface area contributed by atoms with Crippen LogP contribution >= 0.6 is 0 Å². The van der Waals surface area contributed by atoms with Gasteiger partial charge in [-0.2, -0.15) is 10.2 Å². The molecule has 26 heavy (non-hydrogen) atoms. The van der Waals surface area contributed by atoms with Crippen molar-refractivity contribution in [2.45, 2.75) is 52.2 Å². The lowest BCUT2D eigenvalue weighted by molar-refractivity contribution is 0.509. The summed E-state index contributed by atoms with van der Waals surface area (Å²) in [5.74, 6) is 2.46. The molecular formula is C16H27N9O. The molecule has 0 unspecified atom stereocenters. The number of hydrogen-bond acceptors (Lipinski definition) is 5. The molecule has 2 aromatic heterocycles. The summed E-state index contributed by atoms with van der Waals surface area (Å²) in [7, 11) is 1.85. The molecule has 1 aliphatic rings. The Balaban J connectivity index is 1.50. The zero-order valence-corrected chi connectivity index (χ0v) is 15.5. The molecule has 3 rings (SSSR count). The molecule has 0 fully saturated rings. The van der Waals surface area contributed by atoms with Crippen molar-refractivity contribution in [3.05, 3.63) is 28.5 Å². The quantitative estimate of drug-likeness (QED) is 0.397. The first-order valence-electron chi connectivity index (χ1n) is 9.20. The van der Waals surface area contributed by atoms with Crippen LogP contribution in [0.4, 0.5) is 0 Å². The van der Waals surface area contributed by atoms with Gasteiger partial charge >= 0.3 is 5.69 Å². The van der Waals surface area contributed by atoms with Gasteiger partial charge in [0.1, 0.15) is 24.5 Å². The molecule has 0 saturated heterocycles. The molecule has 0 spiro atoms. The van der Waals surface area contributed by atoms with Crippen LogP contribution < -0.4 is 16.3 Å². The minimum Gasteiger partial charge on any atom is -0.357 e. The van der Waals surface area contributed by atoms with Crippen LogP contribution in [0.3, 0.4) is 0 Å². The van der Waals surface area contributed by atoms with Crippen molar-refractivity contribution in [3.63, 3.8) is 0 Å². The minimum atomic E-state index is 0.0163. The summed E-state index contributed by atoms with van der Waals surface area (Å²) in [6.45, 7) is 5.37. The molecule has 142 valence electrons. The van der Waals surface area contributed by atoms with Gasteiger partial charge in [-0.1, -0.05) is 0 Å². The van der Waals surface area contributed by atoms with Crippen LogP contribution in [-0.4, -0.2) is 48.2 Å². The zero-order chi connectivity index (χ0) is 18.4. The molecule has 0 radical (unpaired) electrons. The van der Waals surface area contributed by atoms with Crippen LogP contribution in [0.15, 0.2) is 16.1 Å². The van der Waals surface area contributed by atoms with Gasteiger partial charge in [-0.3, -0.25) is 9.25 Å². The fourth-order valence-corrected chi connectivity index (χ4v) is 2.98. The maximum absolute atomic E-state index is 12.3. The molecule has 0 bridgehead atoms. The Labute approximate surface area is 152 Å². The van der Waals surface area contributed by atoms with Crippen molar-refractivity contribution in [3.8, 4) is 0 Å². The number of aromatic nitrogens is 6. The maximum Gasteiger partial charge on any atom is 0.345 e. The van der Waals surface area contributed by atoms with Crippen LogP contribution in [0.2, 0.25) is 0 Å². The van der Waals surface area contributed by atoms with E-state index in [9.17, 15) is 4.79 Å². The summed E-state index contributed by atoms with van der Waals surface area (Å²) in [5.41, 5.74) is 0.0163. The van der Waals surface area contributed by atoms with Crippen LogP contribution in [-0.2, 0) is 33.1 Å². The number of nitrogens with one attached hydrogen (secondary N) is 2. The van der Waals surface area contributed by atoms with E-state index in [0.717, 1.165) is 56.4 Å². The molecule has 2 aromatic rings. The minimum absolute atomic E-state index is 0.0163. The van der Waals surface area contributed by atoms with E-state index in [2.05, 4.69) is 30.8 Å². The van der Waals surface area contributed by atoms with E-state index in [1.165, 1.54) is 6.33 Å². The molecule has 0 amide bonds. The highest BCUT2D eigenvalue weighted by atomic mass is 16.2. The smallest absolute Gasteiger partial charge is 0.345 e. The number of rotatable bonds is 7. The number of fused-ring (bicyclic) bond motifs is 1. The number of guanidine groups is 1. The van der Waals surface area contributed by atoms with Crippen molar-refractivity contribution >= 4 is 5.96 Å². The predicted molar refractivity (Wildman–Crippen MR) is 97.9 cm³/mol. The largest absolute Gasteiger partial charge is 0.357 e.